The quantitative estimate of drug-likeness (QED) is 0.695. The minimum absolute atomic E-state index is 0.204. The van der Waals surface area contributed by atoms with Gasteiger partial charge in [-0.1, -0.05) is 12.1 Å². The molecule has 0 aliphatic carbocycles. The maximum atomic E-state index is 10.7. The van der Waals surface area contributed by atoms with Crippen LogP contribution in [0.15, 0.2) is 36.4 Å². The van der Waals surface area contributed by atoms with Gasteiger partial charge in [0.1, 0.15) is 0 Å². The van der Waals surface area contributed by atoms with E-state index in [1.165, 1.54) is 0 Å². The Bertz CT molecular complexity index is 1140. The maximum absolute atomic E-state index is 10.7. The van der Waals surface area contributed by atoms with Gasteiger partial charge in [-0.25, -0.2) is 0 Å². The first-order chi connectivity index (χ1) is 13.6. The van der Waals surface area contributed by atoms with Crippen molar-refractivity contribution < 1.29 is 24.1 Å². The molecule has 1 N–H and O–H groups in total. The van der Waals surface area contributed by atoms with Crippen molar-refractivity contribution >= 4 is 16.5 Å². The SMILES string of the molecule is C[C@@H](O)[C@@H]1c2c(ccc3c2OCO3)-c2ccc3cc4c(cc3c2N1C)OCO4. The van der Waals surface area contributed by atoms with E-state index in [0.29, 0.717) is 0 Å². The third-order valence-corrected chi connectivity index (χ3v) is 5.88. The fourth-order valence-electron chi connectivity index (χ4n) is 4.72. The van der Waals surface area contributed by atoms with Gasteiger partial charge in [0.15, 0.2) is 23.0 Å². The Morgan fingerprint density at radius 1 is 0.929 bits per heavy atom. The Hall–Kier alpha value is -3.12. The van der Waals surface area contributed by atoms with Gasteiger partial charge in [-0.2, -0.15) is 0 Å². The van der Waals surface area contributed by atoms with Crippen LogP contribution >= 0.6 is 0 Å². The van der Waals surface area contributed by atoms with Gasteiger partial charge in [0.05, 0.1) is 17.8 Å². The minimum Gasteiger partial charge on any atom is -0.454 e. The lowest BCUT2D eigenvalue weighted by molar-refractivity contribution is 0.154. The molecule has 6 rings (SSSR count). The van der Waals surface area contributed by atoms with E-state index in [-0.39, 0.29) is 19.6 Å². The molecule has 6 nitrogen and oxygen atoms in total. The Morgan fingerprint density at radius 3 is 2.46 bits per heavy atom. The normalized spacial score (nSPS) is 19.5. The van der Waals surface area contributed by atoms with Gasteiger partial charge >= 0.3 is 0 Å². The Balaban J connectivity index is 1.69. The van der Waals surface area contributed by atoms with Crippen molar-refractivity contribution in [2.24, 2.45) is 0 Å². The highest BCUT2D eigenvalue weighted by molar-refractivity contribution is 6.05. The van der Waals surface area contributed by atoms with Crippen LogP contribution in [0.4, 0.5) is 5.69 Å². The zero-order chi connectivity index (χ0) is 19.0. The molecule has 6 heteroatoms. The molecule has 3 aliphatic rings. The molecule has 3 aromatic carbocycles. The second-order valence-corrected chi connectivity index (χ2v) is 7.45. The van der Waals surface area contributed by atoms with Crippen LogP contribution in [0.1, 0.15) is 18.5 Å². The average molecular weight is 377 g/mol. The number of hydrogen-bond acceptors (Lipinski definition) is 6. The minimum atomic E-state index is -0.600. The number of likely N-dealkylation sites (N-methyl/N-ethyl adjacent to an activating group) is 1. The molecule has 0 saturated carbocycles. The average Bonchev–Trinajstić information content (AvgIpc) is 3.34. The summed E-state index contributed by atoms with van der Waals surface area (Å²) in [6.07, 6.45) is -0.600. The topological polar surface area (TPSA) is 60.4 Å². The van der Waals surface area contributed by atoms with Crippen LogP contribution in [0.3, 0.4) is 0 Å². The zero-order valence-corrected chi connectivity index (χ0v) is 15.6. The number of nitrogens with zero attached hydrogens (tertiary/aromatic N) is 1. The summed E-state index contributed by atoms with van der Waals surface area (Å²) in [4.78, 5) is 2.13. The van der Waals surface area contributed by atoms with Gasteiger partial charge in [-0.15, -0.1) is 0 Å². The molecular weight excluding hydrogens is 358 g/mol. The van der Waals surface area contributed by atoms with Crippen molar-refractivity contribution in [3.05, 3.63) is 42.0 Å². The number of fused-ring (bicyclic) bond motifs is 8. The largest absolute Gasteiger partial charge is 0.454 e. The molecule has 0 fully saturated rings. The van der Waals surface area contributed by atoms with E-state index < -0.39 is 6.10 Å². The molecule has 0 bridgehead atoms. The number of hydrogen-bond donors (Lipinski definition) is 1. The predicted octanol–water partition coefficient (Wildman–Crippen LogP) is 3.84. The van der Waals surface area contributed by atoms with Gasteiger partial charge in [0.25, 0.3) is 0 Å². The molecule has 28 heavy (non-hydrogen) atoms. The molecule has 0 amide bonds. The van der Waals surface area contributed by atoms with Crippen molar-refractivity contribution in [2.45, 2.75) is 19.1 Å². The summed E-state index contributed by atoms with van der Waals surface area (Å²) in [7, 11) is 2.01. The molecule has 2 atom stereocenters. The van der Waals surface area contributed by atoms with E-state index in [1.54, 1.807) is 0 Å². The van der Waals surface area contributed by atoms with Gasteiger partial charge in [0, 0.05) is 23.6 Å². The Kier molecular flexibility index (Phi) is 3.09. The molecular formula is C22H19NO5. The predicted molar refractivity (Wildman–Crippen MR) is 104 cm³/mol. The number of aliphatic hydroxyl groups is 1. The van der Waals surface area contributed by atoms with Crippen molar-refractivity contribution in [2.75, 3.05) is 25.5 Å². The van der Waals surface area contributed by atoms with Crippen LogP contribution in [-0.4, -0.2) is 31.8 Å². The molecule has 0 spiro atoms. The first-order valence-electron chi connectivity index (χ1n) is 9.33. The molecule has 0 saturated heterocycles. The van der Waals surface area contributed by atoms with E-state index in [4.69, 9.17) is 18.9 Å². The number of benzene rings is 3. The van der Waals surface area contributed by atoms with E-state index in [2.05, 4.69) is 23.1 Å². The summed E-state index contributed by atoms with van der Waals surface area (Å²) in [5, 5.41) is 12.8. The third-order valence-electron chi connectivity index (χ3n) is 5.88. The van der Waals surface area contributed by atoms with Crippen LogP contribution in [-0.2, 0) is 0 Å². The van der Waals surface area contributed by atoms with Gasteiger partial charge in [-0.05, 0) is 42.1 Å². The smallest absolute Gasteiger partial charge is 0.231 e. The van der Waals surface area contributed by atoms with Crippen molar-refractivity contribution in [3.8, 4) is 34.1 Å². The summed E-state index contributed by atoms with van der Waals surface area (Å²) in [5.41, 5.74) is 4.19. The van der Waals surface area contributed by atoms with Crippen molar-refractivity contribution in [1.82, 2.24) is 0 Å². The molecule has 0 radical (unpaired) electrons. The third kappa shape index (κ3) is 1.95. The number of rotatable bonds is 1. The highest BCUT2D eigenvalue weighted by atomic mass is 16.7. The van der Waals surface area contributed by atoms with Crippen LogP contribution in [0, 0.1) is 0 Å². The van der Waals surface area contributed by atoms with Crippen LogP contribution in [0.5, 0.6) is 23.0 Å². The Labute approximate surface area is 161 Å². The van der Waals surface area contributed by atoms with E-state index >= 15 is 0 Å². The highest BCUT2D eigenvalue weighted by Gasteiger charge is 2.38. The van der Waals surface area contributed by atoms with Crippen LogP contribution in [0.25, 0.3) is 21.9 Å². The molecule has 142 valence electrons. The first-order valence-corrected chi connectivity index (χ1v) is 9.33. The number of anilines is 1. The lowest BCUT2D eigenvalue weighted by Gasteiger charge is -2.40. The summed E-state index contributed by atoms with van der Waals surface area (Å²) in [6, 6.07) is 12.0. The van der Waals surface area contributed by atoms with Gasteiger partial charge < -0.3 is 29.0 Å². The molecule has 0 unspecified atom stereocenters. The van der Waals surface area contributed by atoms with Crippen LogP contribution < -0.4 is 23.8 Å². The lowest BCUT2D eigenvalue weighted by Crippen LogP contribution is -2.35. The van der Waals surface area contributed by atoms with Gasteiger partial charge in [0.2, 0.25) is 13.6 Å². The fraction of sp³-hybridized carbons (Fsp3) is 0.273. The van der Waals surface area contributed by atoms with Crippen LogP contribution in [0.2, 0.25) is 0 Å². The summed E-state index contributed by atoms with van der Waals surface area (Å²) < 4.78 is 22.5. The van der Waals surface area contributed by atoms with Gasteiger partial charge in [-0.3, -0.25) is 0 Å². The highest BCUT2D eigenvalue weighted by Crippen LogP contribution is 2.55. The summed E-state index contributed by atoms with van der Waals surface area (Å²) >= 11 is 0. The van der Waals surface area contributed by atoms with E-state index in [0.717, 1.165) is 56.1 Å². The number of aliphatic hydroxyl groups excluding tert-OH is 1. The second-order valence-electron chi connectivity index (χ2n) is 7.45. The summed E-state index contributed by atoms with van der Waals surface area (Å²) in [6.45, 7) is 2.26. The molecule has 3 aromatic rings. The Morgan fingerprint density at radius 2 is 1.64 bits per heavy atom. The lowest BCUT2D eigenvalue weighted by atomic mass is 9.84. The first kappa shape index (κ1) is 15.9. The molecule has 0 aromatic heterocycles. The molecule has 3 aliphatic heterocycles. The number of ether oxygens (including phenoxy) is 4. The summed E-state index contributed by atoms with van der Waals surface area (Å²) in [5.74, 6) is 2.97. The maximum Gasteiger partial charge on any atom is 0.231 e. The second kappa shape index (κ2) is 5.45. The zero-order valence-electron chi connectivity index (χ0n) is 15.6. The van der Waals surface area contributed by atoms with Crippen molar-refractivity contribution in [1.29, 1.82) is 0 Å². The van der Waals surface area contributed by atoms with E-state index in [1.807, 2.05) is 32.2 Å². The molecule has 3 heterocycles. The fourth-order valence-corrected chi connectivity index (χ4v) is 4.72. The van der Waals surface area contributed by atoms with E-state index in [9.17, 15) is 5.11 Å². The standard InChI is InChI=1S/C22H19NO5/c1-11(24)20-19-13(5-6-16-22(19)28-10-25-16)14-4-3-12-7-17-18(27-9-26-17)8-15(12)21(14)23(20)2/h3-8,11,20,24H,9-10H2,1-2H3/t11-,20-/m1/s1. The van der Waals surface area contributed by atoms with Crippen molar-refractivity contribution in [3.63, 3.8) is 0 Å². The monoisotopic (exact) mass is 377 g/mol.